The molecule has 0 unspecified atom stereocenters. The van der Waals surface area contributed by atoms with Crippen LogP contribution in [0.25, 0.3) is 0 Å². The molecule has 3 rings (SSSR count). The van der Waals surface area contributed by atoms with Crippen molar-refractivity contribution in [2.45, 2.75) is 70.4 Å². The summed E-state index contributed by atoms with van der Waals surface area (Å²) < 4.78 is 0. The third-order valence-corrected chi connectivity index (χ3v) is 5.42. The summed E-state index contributed by atoms with van der Waals surface area (Å²) in [6, 6.07) is -0.167. The molecule has 0 spiro atoms. The van der Waals surface area contributed by atoms with Gasteiger partial charge >= 0.3 is 0 Å². The number of likely N-dealkylation sites (tertiary alicyclic amines) is 2. The van der Waals surface area contributed by atoms with E-state index in [2.05, 4.69) is 5.32 Å². The van der Waals surface area contributed by atoms with Crippen LogP contribution in [0.3, 0.4) is 0 Å². The smallest absolute Gasteiger partial charge is 0.243 e. The summed E-state index contributed by atoms with van der Waals surface area (Å²) in [5.74, 6) is 0.656. The molecule has 0 aromatic carbocycles. The molecule has 0 bridgehead atoms. The molecule has 3 fully saturated rings. The van der Waals surface area contributed by atoms with E-state index in [1.807, 2.05) is 11.8 Å². The van der Waals surface area contributed by atoms with Gasteiger partial charge in [0.05, 0.1) is 0 Å². The third kappa shape index (κ3) is 3.90. The van der Waals surface area contributed by atoms with Gasteiger partial charge in [0, 0.05) is 38.0 Å². The lowest BCUT2D eigenvalue weighted by Gasteiger charge is -2.34. The Kier molecular flexibility index (Phi) is 5.41. The first kappa shape index (κ1) is 17.2. The molecule has 1 N–H and O–H groups in total. The van der Waals surface area contributed by atoms with Gasteiger partial charge in [-0.05, 0) is 44.9 Å². The fourth-order valence-corrected chi connectivity index (χ4v) is 3.83. The Morgan fingerprint density at radius 2 is 1.71 bits per heavy atom. The maximum absolute atomic E-state index is 12.6. The van der Waals surface area contributed by atoms with Gasteiger partial charge < -0.3 is 15.1 Å². The molecule has 0 aromatic rings. The molecule has 0 aromatic heterocycles. The van der Waals surface area contributed by atoms with Gasteiger partial charge in [-0.15, -0.1) is 0 Å². The van der Waals surface area contributed by atoms with Gasteiger partial charge in [-0.2, -0.15) is 0 Å². The van der Waals surface area contributed by atoms with E-state index in [0.29, 0.717) is 18.9 Å². The van der Waals surface area contributed by atoms with E-state index >= 15 is 0 Å². The summed E-state index contributed by atoms with van der Waals surface area (Å²) in [6.07, 6.45) is 6.72. The molecule has 1 saturated carbocycles. The van der Waals surface area contributed by atoms with Gasteiger partial charge in [0.2, 0.25) is 17.7 Å². The first-order valence-electron chi connectivity index (χ1n) is 9.48. The van der Waals surface area contributed by atoms with Gasteiger partial charge in [0.25, 0.3) is 0 Å². The van der Waals surface area contributed by atoms with E-state index in [1.165, 1.54) is 0 Å². The van der Waals surface area contributed by atoms with Crippen LogP contribution in [-0.2, 0) is 14.4 Å². The molecule has 6 nitrogen and oxygen atoms in total. The molecule has 1 atom stereocenters. The highest BCUT2D eigenvalue weighted by atomic mass is 16.2. The number of hydrogen-bond donors (Lipinski definition) is 1. The van der Waals surface area contributed by atoms with Gasteiger partial charge in [0.15, 0.2) is 0 Å². The molecule has 2 saturated heterocycles. The summed E-state index contributed by atoms with van der Waals surface area (Å²) in [5, 5.41) is 3.12. The van der Waals surface area contributed by atoms with Crippen molar-refractivity contribution in [2.75, 3.05) is 19.6 Å². The number of rotatable bonds is 5. The lowest BCUT2D eigenvalue weighted by atomic mass is 10.0. The Morgan fingerprint density at radius 3 is 2.33 bits per heavy atom. The second-order valence-corrected chi connectivity index (χ2v) is 7.38. The number of hydrogen-bond acceptors (Lipinski definition) is 3. The monoisotopic (exact) mass is 335 g/mol. The minimum Gasteiger partial charge on any atom is -0.351 e. The molecule has 2 aliphatic heterocycles. The molecule has 0 radical (unpaired) electrons. The second-order valence-electron chi connectivity index (χ2n) is 7.38. The van der Waals surface area contributed by atoms with E-state index < -0.39 is 0 Å². The van der Waals surface area contributed by atoms with E-state index in [9.17, 15) is 14.4 Å². The predicted octanol–water partition coefficient (Wildman–Crippen LogP) is 1.29. The Hall–Kier alpha value is -1.59. The first-order valence-corrected chi connectivity index (χ1v) is 9.48. The van der Waals surface area contributed by atoms with Crippen LogP contribution in [0, 0.1) is 5.92 Å². The van der Waals surface area contributed by atoms with E-state index in [1.54, 1.807) is 4.90 Å². The largest absolute Gasteiger partial charge is 0.351 e. The van der Waals surface area contributed by atoms with Crippen LogP contribution in [0.5, 0.6) is 0 Å². The molecule has 3 amide bonds. The highest BCUT2D eigenvalue weighted by Crippen LogP contribution is 2.32. The summed E-state index contributed by atoms with van der Waals surface area (Å²) >= 11 is 0. The average Bonchev–Trinajstić information content (AvgIpc) is 3.31. The Balaban J connectivity index is 1.46. The minimum absolute atomic E-state index is 0.0103. The maximum Gasteiger partial charge on any atom is 0.243 e. The van der Waals surface area contributed by atoms with Crippen LogP contribution in [0.15, 0.2) is 0 Å². The van der Waals surface area contributed by atoms with Crippen LogP contribution >= 0.6 is 0 Å². The van der Waals surface area contributed by atoms with E-state index in [0.717, 1.165) is 58.0 Å². The van der Waals surface area contributed by atoms with Crippen molar-refractivity contribution in [1.82, 2.24) is 15.1 Å². The highest BCUT2D eigenvalue weighted by molar-refractivity contribution is 5.88. The predicted molar refractivity (Wildman–Crippen MR) is 90.1 cm³/mol. The summed E-state index contributed by atoms with van der Waals surface area (Å²) in [4.78, 5) is 40.5. The Morgan fingerprint density at radius 1 is 1.00 bits per heavy atom. The van der Waals surface area contributed by atoms with Crippen molar-refractivity contribution < 1.29 is 14.4 Å². The third-order valence-electron chi connectivity index (χ3n) is 5.42. The molecule has 134 valence electrons. The lowest BCUT2D eigenvalue weighted by Crippen LogP contribution is -2.52. The minimum atomic E-state index is -0.296. The standard InChI is InChI=1S/C18H29N3O3/c1-2-4-16(22)21-10-3-5-15(21)17(23)19-14-8-11-20(12-9-14)18(24)13-6-7-13/h13-15H,2-12H2,1H3,(H,19,23)/t15-/m1/s1. The van der Waals surface area contributed by atoms with Crippen molar-refractivity contribution in [3.8, 4) is 0 Å². The van der Waals surface area contributed by atoms with Crippen LogP contribution < -0.4 is 5.32 Å². The fraction of sp³-hybridized carbons (Fsp3) is 0.833. The summed E-state index contributed by atoms with van der Waals surface area (Å²) in [5.41, 5.74) is 0. The van der Waals surface area contributed by atoms with Gasteiger partial charge in [-0.1, -0.05) is 6.92 Å². The number of carbonyl (C=O) groups excluding carboxylic acids is 3. The lowest BCUT2D eigenvalue weighted by molar-refractivity contribution is -0.139. The van der Waals surface area contributed by atoms with Crippen LogP contribution in [-0.4, -0.2) is 59.2 Å². The zero-order valence-electron chi connectivity index (χ0n) is 14.6. The molecule has 3 aliphatic rings. The van der Waals surface area contributed by atoms with E-state index in [-0.39, 0.29) is 29.8 Å². The van der Waals surface area contributed by atoms with Crippen molar-refractivity contribution >= 4 is 17.7 Å². The summed E-state index contributed by atoms with van der Waals surface area (Å²) in [7, 11) is 0. The number of nitrogens with zero attached hydrogens (tertiary/aromatic N) is 2. The normalized spacial score (nSPS) is 25.0. The Bertz CT molecular complexity index is 496. The van der Waals surface area contributed by atoms with Crippen molar-refractivity contribution in [3.63, 3.8) is 0 Å². The number of carbonyl (C=O) groups is 3. The quantitative estimate of drug-likeness (QED) is 0.823. The molecular formula is C18H29N3O3. The van der Waals surface area contributed by atoms with Gasteiger partial charge in [-0.25, -0.2) is 0 Å². The molecule has 1 aliphatic carbocycles. The number of nitrogens with one attached hydrogen (secondary N) is 1. The van der Waals surface area contributed by atoms with Crippen LogP contribution in [0.4, 0.5) is 0 Å². The second kappa shape index (κ2) is 7.53. The summed E-state index contributed by atoms with van der Waals surface area (Å²) in [6.45, 7) is 4.16. The topological polar surface area (TPSA) is 69.7 Å². The number of amides is 3. The van der Waals surface area contributed by atoms with Gasteiger partial charge in [-0.3, -0.25) is 14.4 Å². The Labute approximate surface area is 143 Å². The SMILES string of the molecule is CCCC(=O)N1CCC[C@@H]1C(=O)NC1CCN(C(=O)C2CC2)CC1. The van der Waals surface area contributed by atoms with Gasteiger partial charge in [0.1, 0.15) is 6.04 Å². The molecule has 2 heterocycles. The van der Waals surface area contributed by atoms with Crippen LogP contribution in [0.2, 0.25) is 0 Å². The van der Waals surface area contributed by atoms with Crippen molar-refractivity contribution in [2.24, 2.45) is 5.92 Å². The fourth-order valence-electron chi connectivity index (χ4n) is 3.83. The van der Waals surface area contributed by atoms with Crippen LogP contribution in [0.1, 0.15) is 58.3 Å². The maximum atomic E-state index is 12.6. The van der Waals surface area contributed by atoms with Crippen molar-refractivity contribution in [1.29, 1.82) is 0 Å². The zero-order chi connectivity index (χ0) is 17.1. The molecule has 6 heteroatoms. The highest BCUT2D eigenvalue weighted by Gasteiger charge is 2.37. The number of piperidine rings is 1. The molecular weight excluding hydrogens is 306 g/mol. The van der Waals surface area contributed by atoms with Crippen molar-refractivity contribution in [3.05, 3.63) is 0 Å². The first-order chi connectivity index (χ1) is 11.6. The molecule has 24 heavy (non-hydrogen) atoms. The zero-order valence-corrected chi connectivity index (χ0v) is 14.6. The van der Waals surface area contributed by atoms with E-state index in [4.69, 9.17) is 0 Å². The average molecular weight is 335 g/mol.